The molecule has 2 aromatic heterocycles. The smallest absolute Gasteiger partial charge is 0.270 e. The van der Waals surface area contributed by atoms with E-state index in [1.165, 1.54) is 43.3 Å². The summed E-state index contributed by atoms with van der Waals surface area (Å²) >= 11 is 1.38. The molecule has 0 unspecified atom stereocenters. The molecular weight excluding hydrogens is 350 g/mol. The Morgan fingerprint density at radius 1 is 1.15 bits per heavy atom. The predicted octanol–water partition coefficient (Wildman–Crippen LogP) is 2.44. The quantitative estimate of drug-likeness (QED) is 0.804. The van der Waals surface area contributed by atoms with E-state index in [1.54, 1.807) is 0 Å². The number of amides is 1. The molecule has 7 nitrogen and oxygen atoms in total. The third-order valence-electron chi connectivity index (χ3n) is 5.52. The van der Waals surface area contributed by atoms with Crippen molar-refractivity contribution in [1.82, 2.24) is 20.3 Å². The number of carbonyl (C=O) groups excluding carboxylic acids is 1. The minimum atomic E-state index is -0.142. The Morgan fingerprint density at radius 3 is 2.58 bits per heavy atom. The summed E-state index contributed by atoms with van der Waals surface area (Å²) in [4.78, 5) is 37.8. The van der Waals surface area contributed by atoms with E-state index in [0.717, 1.165) is 43.9 Å². The number of rotatable bonds is 3. The number of hydrogen-bond acceptors (Lipinski definition) is 6. The number of nitrogens with one attached hydrogen (secondary N) is 2. The molecule has 2 aromatic rings. The van der Waals surface area contributed by atoms with Crippen LogP contribution < -0.4 is 15.8 Å². The number of carbonyl (C=O) groups is 1. The van der Waals surface area contributed by atoms with Crippen molar-refractivity contribution in [2.24, 2.45) is 5.92 Å². The Labute approximate surface area is 156 Å². The summed E-state index contributed by atoms with van der Waals surface area (Å²) in [7, 11) is 0. The highest BCUT2D eigenvalue weighted by atomic mass is 32.1. The van der Waals surface area contributed by atoms with E-state index in [0.29, 0.717) is 16.4 Å². The van der Waals surface area contributed by atoms with Crippen molar-refractivity contribution in [1.29, 1.82) is 0 Å². The number of H-pyrrole nitrogens is 1. The maximum absolute atomic E-state index is 12.6. The summed E-state index contributed by atoms with van der Waals surface area (Å²) in [5.41, 5.74) is 0.360. The van der Waals surface area contributed by atoms with Crippen LogP contribution in [0.2, 0.25) is 0 Å². The molecule has 1 saturated carbocycles. The number of aromatic amines is 1. The van der Waals surface area contributed by atoms with Crippen LogP contribution in [0.5, 0.6) is 0 Å². The lowest BCUT2D eigenvalue weighted by Crippen LogP contribution is -2.43. The highest BCUT2D eigenvalue weighted by Gasteiger charge is 2.28. The van der Waals surface area contributed by atoms with Crippen LogP contribution in [0.25, 0.3) is 10.3 Å². The average Bonchev–Trinajstić information content (AvgIpc) is 2.94. The van der Waals surface area contributed by atoms with Crippen molar-refractivity contribution in [2.75, 3.05) is 18.0 Å². The average molecular weight is 375 g/mol. The summed E-state index contributed by atoms with van der Waals surface area (Å²) in [5, 5.41) is 4.11. The first-order valence-electron chi connectivity index (χ1n) is 9.60. The second kappa shape index (κ2) is 7.73. The van der Waals surface area contributed by atoms with Crippen LogP contribution in [0.1, 0.15) is 51.4 Å². The molecule has 0 atom stereocenters. The summed E-state index contributed by atoms with van der Waals surface area (Å²) in [6, 6.07) is 0.366. The predicted molar refractivity (Wildman–Crippen MR) is 103 cm³/mol. The first-order chi connectivity index (χ1) is 12.7. The zero-order chi connectivity index (χ0) is 17.9. The van der Waals surface area contributed by atoms with Gasteiger partial charge < -0.3 is 15.2 Å². The maximum Gasteiger partial charge on any atom is 0.270 e. The van der Waals surface area contributed by atoms with Crippen molar-refractivity contribution >= 4 is 32.7 Å². The molecule has 8 heteroatoms. The lowest BCUT2D eigenvalue weighted by Gasteiger charge is -2.31. The molecule has 140 valence electrons. The highest BCUT2D eigenvalue weighted by molar-refractivity contribution is 7.22. The van der Waals surface area contributed by atoms with Gasteiger partial charge in [0.25, 0.3) is 5.56 Å². The van der Waals surface area contributed by atoms with Gasteiger partial charge in [-0.2, -0.15) is 4.98 Å². The van der Waals surface area contributed by atoms with Gasteiger partial charge in [-0.25, -0.2) is 4.98 Å². The maximum atomic E-state index is 12.6. The van der Waals surface area contributed by atoms with E-state index in [1.807, 2.05) is 0 Å². The van der Waals surface area contributed by atoms with Gasteiger partial charge in [-0.3, -0.25) is 9.59 Å². The Bertz CT molecular complexity index is 816. The molecule has 2 fully saturated rings. The SMILES string of the molecule is O=C(NC1CCCCCC1)C1CCN(c2nc3nc[nH]c(=O)c3s2)CC1. The fourth-order valence-electron chi connectivity index (χ4n) is 3.97. The van der Waals surface area contributed by atoms with Crippen LogP contribution in [0, 0.1) is 5.92 Å². The standard InChI is InChI=1S/C18H25N5O2S/c24-16(21-13-5-3-1-2-4-6-13)12-7-9-23(10-8-12)18-22-15-14(26-18)17(25)20-11-19-15/h11-13H,1-10H2,(H,21,24)(H,19,20,25). The Kier molecular flexibility index (Phi) is 5.19. The van der Waals surface area contributed by atoms with E-state index in [-0.39, 0.29) is 17.4 Å². The van der Waals surface area contributed by atoms with E-state index in [9.17, 15) is 9.59 Å². The lowest BCUT2D eigenvalue weighted by molar-refractivity contribution is -0.126. The monoisotopic (exact) mass is 375 g/mol. The van der Waals surface area contributed by atoms with Crippen molar-refractivity contribution < 1.29 is 4.79 Å². The number of hydrogen-bond donors (Lipinski definition) is 2. The number of piperidine rings is 1. The molecule has 1 aliphatic heterocycles. The molecule has 0 radical (unpaired) electrons. The number of thiazole rings is 1. The Balaban J connectivity index is 1.35. The van der Waals surface area contributed by atoms with Gasteiger partial charge in [0.15, 0.2) is 10.8 Å². The van der Waals surface area contributed by atoms with Gasteiger partial charge >= 0.3 is 0 Å². The van der Waals surface area contributed by atoms with Crippen LogP contribution >= 0.6 is 11.3 Å². The molecular formula is C18H25N5O2S. The molecule has 4 rings (SSSR count). The normalized spacial score (nSPS) is 20.2. The molecule has 0 spiro atoms. The molecule has 1 amide bonds. The van der Waals surface area contributed by atoms with Gasteiger partial charge in [-0.05, 0) is 25.7 Å². The van der Waals surface area contributed by atoms with Crippen LogP contribution in [0.4, 0.5) is 5.13 Å². The van der Waals surface area contributed by atoms with E-state index in [4.69, 9.17) is 0 Å². The van der Waals surface area contributed by atoms with Gasteiger partial charge in [-0.1, -0.05) is 37.0 Å². The Morgan fingerprint density at radius 2 is 1.88 bits per heavy atom. The minimum absolute atomic E-state index is 0.0883. The summed E-state index contributed by atoms with van der Waals surface area (Å²) < 4.78 is 0.565. The topological polar surface area (TPSA) is 91.0 Å². The molecule has 0 bridgehead atoms. The van der Waals surface area contributed by atoms with Gasteiger partial charge in [0.2, 0.25) is 5.91 Å². The van der Waals surface area contributed by atoms with Gasteiger partial charge in [0, 0.05) is 25.0 Å². The molecule has 1 aliphatic carbocycles. The zero-order valence-corrected chi connectivity index (χ0v) is 15.7. The van der Waals surface area contributed by atoms with Gasteiger partial charge in [0.1, 0.15) is 4.70 Å². The van der Waals surface area contributed by atoms with Crippen molar-refractivity contribution in [3.05, 3.63) is 16.7 Å². The molecule has 2 aliphatic rings. The second-order valence-corrected chi connectivity index (χ2v) is 8.32. The second-order valence-electron chi connectivity index (χ2n) is 7.34. The van der Waals surface area contributed by atoms with Crippen molar-refractivity contribution in [3.8, 4) is 0 Å². The number of aromatic nitrogens is 3. The van der Waals surface area contributed by atoms with Crippen LogP contribution in [0.3, 0.4) is 0 Å². The van der Waals surface area contributed by atoms with Crippen molar-refractivity contribution in [2.45, 2.75) is 57.4 Å². The van der Waals surface area contributed by atoms with Crippen LogP contribution in [-0.2, 0) is 4.79 Å². The molecule has 3 heterocycles. The van der Waals surface area contributed by atoms with E-state index < -0.39 is 0 Å². The van der Waals surface area contributed by atoms with Crippen LogP contribution in [0.15, 0.2) is 11.1 Å². The van der Waals surface area contributed by atoms with E-state index >= 15 is 0 Å². The van der Waals surface area contributed by atoms with Gasteiger partial charge in [-0.15, -0.1) is 0 Å². The number of anilines is 1. The van der Waals surface area contributed by atoms with E-state index in [2.05, 4.69) is 25.2 Å². The first-order valence-corrected chi connectivity index (χ1v) is 10.4. The molecule has 26 heavy (non-hydrogen) atoms. The zero-order valence-electron chi connectivity index (χ0n) is 14.9. The highest BCUT2D eigenvalue weighted by Crippen LogP contribution is 2.29. The minimum Gasteiger partial charge on any atom is -0.353 e. The molecule has 1 saturated heterocycles. The largest absolute Gasteiger partial charge is 0.353 e. The van der Waals surface area contributed by atoms with Gasteiger partial charge in [0.05, 0.1) is 6.33 Å². The Hall–Kier alpha value is -1.96. The molecule has 2 N–H and O–H groups in total. The molecule has 0 aromatic carbocycles. The van der Waals surface area contributed by atoms with Crippen molar-refractivity contribution in [3.63, 3.8) is 0 Å². The summed E-state index contributed by atoms with van der Waals surface area (Å²) in [6.07, 6.45) is 10.3. The fourth-order valence-corrected chi connectivity index (χ4v) is 4.93. The van der Waals surface area contributed by atoms with Crippen LogP contribution in [-0.4, -0.2) is 40.0 Å². The first kappa shape index (κ1) is 17.5. The number of nitrogens with zero attached hydrogens (tertiary/aromatic N) is 3. The third-order valence-corrected chi connectivity index (χ3v) is 6.63. The fraction of sp³-hybridized carbons (Fsp3) is 0.667. The lowest BCUT2D eigenvalue weighted by atomic mass is 9.95. The third kappa shape index (κ3) is 3.75. The number of fused-ring (bicyclic) bond motifs is 1. The summed E-state index contributed by atoms with van der Waals surface area (Å²) in [5.74, 6) is 0.310. The summed E-state index contributed by atoms with van der Waals surface area (Å²) in [6.45, 7) is 1.58.